The summed E-state index contributed by atoms with van der Waals surface area (Å²) in [4.78, 5) is 16.2. The zero-order valence-corrected chi connectivity index (χ0v) is 15.3. The number of carbonyl (C=O) groups is 1. The molecular weight excluding hydrogens is 342 g/mol. The first kappa shape index (κ1) is 19.0. The summed E-state index contributed by atoms with van der Waals surface area (Å²) in [5, 5.41) is 0. The van der Waals surface area contributed by atoms with Gasteiger partial charge in [-0.25, -0.2) is 8.78 Å². The molecule has 1 atom stereocenters. The maximum atomic E-state index is 13.9. The van der Waals surface area contributed by atoms with Gasteiger partial charge in [-0.2, -0.15) is 0 Å². The molecule has 1 aromatic carbocycles. The number of likely N-dealkylation sites (tertiary alicyclic amines) is 2. The van der Waals surface area contributed by atoms with E-state index in [0.717, 1.165) is 0 Å². The Morgan fingerprint density at radius 2 is 1.96 bits per heavy atom. The molecule has 7 heteroatoms. The largest absolute Gasteiger partial charge is 0.493 e. The number of halogens is 2. The lowest BCUT2D eigenvalue weighted by molar-refractivity contribution is -0.0149. The molecule has 0 saturated carbocycles. The van der Waals surface area contributed by atoms with Crippen molar-refractivity contribution in [3.8, 4) is 5.75 Å². The summed E-state index contributed by atoms with van der Waals surface area (Å²) >= 11 is 0. The highest BCUT2D eigenvalue weighted by atomic mass is 19.3. The molecule has 0 aromatic heterocycles. The molecule has 2 aliphatic heterocycles. The van der Waals surface area contributed by atoms with E-state index in [2.05, 4.69) is 0 Å². The van der Waals surface area contributed by atoms with E-state index in [1.165, 1.54) is 0 Å². The van der Waals surface area contributed by atoms with Crippen molar-refractivity contribution < 1.29 is 23.0 Å². The highest BCUT2D eigenvalue weighted by Gasteiger charge is 2.50. The first-order chi connectivity index (χ1) is 12.4. The number of para-hydroxylation sites is 1. The van der Waals surface area contributed by atoms with Crippen LogP contribution in [-0.2, 0) is 4.74 Å². The van der Waals surface area contributed by atoms with Gasteiger partial charge >= 0.3 is 0 Å². The molecule has 26 heavy (non-hydrogen) atoms. The molecule has 5 nitrogen and oxygen atoms in total. The average molecular weight is 368 g/mol. The van der Waals surface area contributed by atoms with Gasteiger partial charge in [0.25, 0.3) is 11.8 Å². The predicted octanol–water partition coefficient (Wildman–Crippen LogP) is 2.66. The lowest BCUT2D eigenvalue weighted by atomic mass is 10.0. The second-order valence-corrected chi connectivity index (χ2v) is 6.84. The predicted molar refractivity (Wildman–Crippen MR) is 93.9 cm³/mol. The standard InChI is InChI=1S/C19H26F2N2O3/c1-3-25-12-14-9-19(20,21)13-23(14)15-10-22(11-15)18(24)16-7-5-6-8-17(16)26-4-2/h5-8,14-15H,3-4,9-13H2,1-2H3/t14-/m0/s1. The fourth-order valence-electron chi connectivity index (χ4n) is 3.68. The fourth-order valence-corrected chi connectivity index (χ4v) is 3.68. The second-order valence-electron chi connectivity index (χ2n) is 6.84. The van der Waals surface area contributed by atoms with Gasteiger partial charge in [0, 0.05) is 38.2 Å². The summed E-state index contributed by atoms with van der Waals surface area (Å²) in [7, 11) is 0. The summed E-state index contributed by atoms with van der Waals surface area (Å²) in [5.74, 6) is -2.24. The zero-order valence-electron chi connectivity index (χ0n) is 15.3. The van der Waals surface area contributed by atoms with Crippen LogP contribution < -0.4 is 4.74 Å². The van der Waals surface area contributed by atoms with E-state index < -0.39 is 5.92 Å². The Hall–Kier alpha value is -1.73. The lowest BCUT2D eigenvalue weighted by Crippen LogP contribution is -2.62. The normalized spacial score (nSPS) is 23.1. The Balaban J connectivity index is 1.62. The molecular formula is C19H26F2N2O3. The van der Waals surface area contributed by atoms with Crippen molar-refractivity contribution >= 4 is 5.91 Å². The van der Waals surface area contributed by atoms with Crippen molar-refractivity contribution in [2.45, 2.75) is 38.3 Å². The molecule has 1 aromatic rings. The average Bonchev–Trinajstić information content (AvgIpc) is 2.86. The molecule has 0 spiro atoms. The van der Waals surface area contributed by atoms with Crippen LogP contribution in [0.2, 0.25) is 0 Å². The van der Waals surface area contributed by atoms with Crippen LogP contribution in [0.15, 0.2) is 24.3 Å². The highest BCUT2D eigenvalue weighted by molar-refractivity contribution is 5.97. The molecule has 2 aliphatic rings. The molecule has 2 heterocycles. The van der Waals surface area contributed by atoms with Gasteiger partial charge in [-0.3, -0.25) is 9.69 Å². The van der Waals surface area contributed by atoms with E-state index in [1.807, 2.05) is 24.8 Å². The SMILES string of the molecule is CCOC[C@@H]1CC(F)(F)CN1C1CN(C(=O)c2ccccc2OCC)C1. The van der Waals surface area contributed by atoms with Gasteiger partial charge in [0.1, 0.15) is 5.75 Å². The molecule has 1 amide bonds. The van der Waals surface area contributed by atoms with E-state index >= 15 is 0 Å². The van der Waals surface area contributed by atoms with Crippen molar-refractivity contribution in [2.24, 2.45) is 0 Å². The van der Waals surface area contributed by atoms with E-state index in [4.69, 9.17) is 9.47 Å². The number of hydrogen-bond acceptors (Lipinski definition) is 4. The van der Waals surface area contributed by atoms with E-state index in [1.54, 1.807) is 23.1 Å². The first-order valence-corrected chi connectivity index (χ1v) is 9.17. The topological polar surface area (TPSA) is 42.0 Å². The molecule has 0 radical (unpaired) electrons. The summed E-state index contributed by atoms with van der Waals surface area (Å²) in [6, 6.07) is 6.80. The van der Waals surface area contributed by atoms with Crippen molar-refractivity contribution in [3.63, 3.8) is 0 Å². The van der Waals surface area contributed by atoms with Crippen molar-refractivity contribution in [1.29, 1.82) is 0 Å². The first-order valence-electron chi connectivity index (χ1n) is 9.17. The number of rotatable bonds is 7. The monoisotopic (exact) mass is 368 g/mol. The lowest BCUT2D eigenvalue weighted by Gasteiger charge is -2.46. The Morgan fingerprint density at radius 3 is 2.65 bits per heavy atom. The third-order valence-electron chi connectivity index (χ3n) is 4.97. The molecule has 144 valence electrons. The fraction of sp³-hybridized carbons (Fsp3) is 0.632. The number of carbonyl (C=O) groups excluding carboxylic acids is 1. The maximum absolute atomic E-state index is 13.9. The Morgan fingerprint density at radius 1 is 1.23 bits per heavy atom. The zero-order chi connectivity index (χ0) is 18.7. The summed E-state index contributed by atoms with van der Waals surface area (Å²) < 4.78 is 38.6. The van der Waals surface area contributed by atoms with Crippen LogP contribution in [0.3, 0.4) is 0 Å². The maximum Gasteiger partial charge on any atom is 0.262 e. The number of alkyl halides is 2. The quantitative estimate of drug-likeness (QED) is 0.742. The van der Waals surface area contributed by atoms with Crippen LogP contribution in [-0.4, -0.2) is 73.2 Å². The Kier molecular flexibility index (Phi) is 5.77. The minimum absolute atomic E-state index is 0.0444. The van der Waals surface area contributed by atoms with Gasteiger partial charge < -0.3 is 14.4 Å². The molecule has 0 N–H and O–H groups in total. The third kappa shape index (κ3) is 3.99. The van der Waals surface area contributed by atoms with E-state index in [0.29, 0.717) is 44.2 Å². The van der Waals surface area contributed by atoms with Crippen molar-refractivity contribution in [2.75, 3.05) is 39.5 Å². The molecule has 0 bridgehead atoms. The van der Waals surface area contributed by atoms with Gasteiger partial charge in [0.2, 0.25) is 0 Å². The van der Waals surface area contributed by atoms with Gasteiger partial charge in [-0.05, 0) is 26.0 Å². The molecule has 2 fully saturated rings. The van der Waals surface area contributed by atoms with Crippen LogP contribution in [0.4, 0.5) is 8.78 Å². The van der Waals surface area contributed by atoms with Crippen LogP contribution in [0.25, 0.3) is 0 Å². The Labute approximate surface area is 152 Å². The number of nitrogens with zero attached hydrogens (tertiary/aromatic N) is 2. The van der Waals surface area contributed by atoms with Crippen LogP contribution in [0.5, 0.6) is 5.75 Å². The van der Waals surface area contributed by atoms with Gasteiger partial charge in [-0.15, -0.1) is 0 Å². The van der Waals surface area contributed by atoms with Gasteiger partial charge in [0.05, 0.1) is 25.3 Å². The summed E-state index contributed by atoms with van der Waals surface area (Å²) in [6.07, 6.45) is -0.176. The minimum atomic E-state index is -2.69. The number of hydrogen-bond donors (Lipinski definition) is 0. The van der Waals surface area contributed by atoms with Crippen LogP contribution in [0.1, 0.15) is 30.6 Å². The van der Waals surface area contributed by atoms with E-state index in [9.17, 15) is 13.6 Å². The number of ether oxygens (including phenoxy) is 2. The highest BCUT2D eigenvalue weighted by Crippen LogP contribution is 2.36. The van der Waals surface area contributed by atoms with E-state index in [-0.39, 0.29) is 31.0 Å². The summed E-state index contributed by atoms with van der Waals surface area (Å²) in [5.41, 5.74) is 0.519. The van der Waals surface area contributed by atoms with Crippen molar-refractivity contribution in [3.05, 3.63) is 29.8 Å². The number of amides is 1. The summed E-state index contributed by atoms with van der Waals surface area (Å²) in [6.45, 7) is 5.69. The Bertz CT molecular complexity index is 635. The van der Waals surface area contributed by atoms with Crippen molar-refractivity contribution in [1.82, 2.24) is 9.80 Å². The molecule has 0 aliphatic carbocycles. The third-order valence-corrected chi connectivity index (χ3v) is 4.97. The number of benzene rings is 1. The minimum Gasteiger partial charge on any atom is -0.493 e. The van der Waals surface area contributed by atoms with Crippen LogP contribution in [0, 0.1) is 0 Å². The smallest absolute Gasteiger partial charge is 0.262 e. The second kappa shape index (κ2) is 7.88. The molecule has 0 unspecified atom stereocenters. The van der Waals surface area contributed by atoms with Crippen LogP contribution >= 0.6 is 0 Å². The molecule has 2 saturated heterocycles. The van der Waals surface area contributed by atoms with Gasteiger partial charge in [0.15, 0.2) is 0 Å². The molecule has 3 rings (SSSR count). The van der Waals surface area contributed by atoms with Gasteiger partial charge in [-0.1, -0.05) is 12.1 Å².